The van der Waals surface area contributed by atoms with Gasteiger partial charge in [-0.1, -0.05) is 17.7 Å². The SMILES string of the molecule is CCOc1cc([C@@H]2[C@@H]3CCCC=C3C(C#N)=C(N)C2(C#N)C#N)cc(Cl)c1OC(C)C. The fourth-order valence-corrected chi connectivity index (χ4v) is 4.89. The number of fused-ring (bicyclic) bond motifs is 1. The summed E-state index contributed by atoms with van der Waals surface area (Å²) in [5, 5.41) is 30.4. The van der Waals surface area contributed by atoms with Crippen molar-refractivity contribution in [2.45, 2.75) is 52.1 Å². The van der Waals surface area contributed by atoms with Crippen molar-refractivity contribution in [3.63, 3.8) is 0 Å². The molecule has 0 bridgehead atoms. The van der Waals surface area contributed by atoms with E-state index in [9.17, 15) is 15.8 Å². The first kappa shape index (κ1) is 22.5. The van der Waals surface area contributed by atoms with Crippen molar-refractivity contribution >= 4 is 11.6 Å². The summed E-state index contributed by atoms with van der Waals surface area (Å²) in [5.74, 6) is 0.102. The zero-order chi connectivity index (χ0) is 22.8. The molecule has 0 radical (unpaired) electrons. The summed E-state index contributed by atoms with van der Waals surface area (Å²) in [6.07, 6.45) is 4.36. The quantitative estimate of drug-likeness (QED) is 0.684. The minimum absolute atomic E-state index is 0.00555. The third-order valence-electron chi connectivity index (χ3n) is 5.84. The lowest BCUT2D eigenvalue weighted by Crippen LogP contribution is -2.42. The molecule has 0 fully saturated rings. The summed E-state index contributed by atoms with van der Waals surface area (Å²) in [4.78, 5) is 0. The Morgan fingerprint density at radius 2 is 1.97 bits per heavy atom. The van der Waals surface area contributed by atoms with Gasteiger partial charge in [0.25, 0.3) is 0 Å². The maximum atomic E-state index is 10.2. The molecule has 2 atom stereocenters. The molecule has 3 rings (SSSR count). The van der Waals surface area contributed by atoms with Crippen LogP contribution in [0.5, 0.6) is 11.5 Å². The van der Waals surface area contributed by atoms with Gasteiger partial charge in [-0.15, -0.1) is 0 Å². The lowest BCUT2D eigenvalue weighted by atomic mass is 9.57. The predicted octanol–water partition coefficient (Wildman–Crippen LogP) is 5.12. The van der Waals surface area contributed by atoms with Crippen molar-refractivity contribution in [3.8, 4) is 29.7 Å². The highest BCUT2D eigenvalue weighted by atomic mass is 35.5. The number of allylic oxidation sites excluding steroid dienone is 4. The molecule has 0 saturated carbocycles. The van der Waals surface area contributed by atoms with Crippen molar-refractivity contribution in [1.82, 2.24) is 0 Å². The Bertz CT molecular complexity index is 1050. The first-order valence-corrected chi connectivity index (χ1v) is 10.8. The van der Waals surface area contributed by atoms with Crippen LogP contribution in [0.4, 0.5) is 0 Å². The van der Waals surface area contributed by atoms with Gasteiger partial charge in [-0.25, -0.2) is 0 Å². The highest BCUT2D eigenvalue weighted by Crippen LogP contribution is 2.57. The molecule has 2 aliphatic rings. The van der Waals surface area contributed by atoms with E-state index in [0.29, 0.717) is 28.7 Å². The molecule has 0 aliphatic heterocycles. The molecule has 0 saturated heterocycles. The summed E-state index contributed by atoms with van der Waals surface area (Å²) >= 11 is 6.60. The molecule has 0 spiro atoms. The van der Waals surface area contributed by atoms with E-state index in [1.54, 1.807) is 12.1 Å². The monoisotopic (exact) mass is 436 g/mol. The molecule has 2 aliphatic carbocycles. The third kappa shape index (κ3) is 3.71. The van der Waals surface area contributed by atoms with Crippen molar-refractivity contribution < 1.29 is 9.47 Å². The van der Waals surface area contributed by atoms with E-state index in [2.05, 4.69) is 18.2 Å². The van der Waals surface area contributed by atoms with Gasteiger partial charge < -0.3 is 15.2 Å². The van der Waals surface area contributed by atoms with Crippen LogP contribution >= 0.6 is 11.6 Å². The van der Waals surface area contributed by atoms with Gasteiger partial charge in [0.15, 0.2) is 16.9 Å². The molecule has 1 aromatic rings. The van der Waals surface area contributed by atoms with Gasteiger partial charge in [-0.3, -0.25) is 0 Å². The van der Waals surface area contributed by atoms with Gasteiger partial charge in [-0.2, -0.15) is 15.8 Å². The first-order valence-electron chi connectivity index (χ1n) is 10.4. The largest absolute Gasteiger partial charge is 0.490 e. The van der Waals surface area contributed by atoms with E-state index in [4.69, 9.17) is 26.8 Å². The smallest absolute Gasteiger partial charge is 0.191 e. The van der Waals surface area contributed by atoms with E-state index in [-0.39, 0.29) is 23.3 Å². The second-order valence-corrected chi connectivity index (χ2v) is 8.44. The van der Waals surface area contributed by atoms with Gasteiger partial charge in [-0.05, 0) is 69.2 Å². The van der Waals surface area contributed by atoms with Crippen LogP contribution in [0.1, 0.15) is 51.5 Å². The van der Waals surface area contributed by atoms with Crippen LogP contribution in [0.25, 0.3) is 0 Å². The molecule has 31 heavy (non-hydrogen) atoms. The zero-order valence-corrected chi connectivity index (χ0v) is 18.7. The Balaban J connectivity index is 2.30. The van der Waals surface area contributed by atoms with Crippen LogP contribution < -0.4 is 15.2 Å². The second-order valence-electron chi connectivity index (χ2n) is 8.04. The lowest BCUT2D eigenvalue weighted by molar-refractivity contribution is 0.223. The minimum Gasteiger partial charge on any atom is -0.490 e. The molecular formula is C24H25ClN4O2. The topological polar surface area (TPSA) is 116 Å². The number of nitrogens with zero attached hydrogens (tertiary/aromatic N) is 3. The molecule has 0 unspecified atom stereocenters. The van der Waals surface area contributed by atoms with Crippen molar-refractivity contribution in [3.05, 3.63) is 45.6 Å². The van der Waals surface area contributed by atoms with Crippen LogP contribution in [0.15, 0.2) is 35.1 Å². The van der Waals surface area contributed by atoms with Gasteiger partial charge >= 0.3 is 0 Å². The zero-order valence-electron chi connectivity index (χ0n) is 17.9. The van der Waals surface area contributed by atoms with E-state index < -0.39 is 11.3 Å². The van der Waals surface area contributed by atoms with Gasteiger partial charge in [0.1, 0.15) is 6.07 Å². The average Bonchev–Trinajstić information content (AvgIpc) is 2.75. The Morgan fingerprint density at radius 3 is 2.55 bits per heavy atom. The number of hydrogen-bond donors (Lipinski definition) is 1. The Labute approximate surface area is 188 Å². The van der Waals surface area contributed by atoms with Crippen LogP contribution in [-0.2, 0) is 0 Å². The molecule has 6 nitrogen and oxygen atoms in total. The highest BCUT2D eigenvalue weighted by molar-refractivity contribution is 6.32. The number of rotatable bonds is 5. The van der Waals surface area contributed by atoms with Crippen LogP contribution in [-0.4, -0.2) is 12.7 Å². The van der Waals surface area contributed by atoms with Crippen LogP contribution in [0, 0.1) is 45.3 Å². The fraction of sp³-hybridized carbons (Fsp3) is 0.458. The van der Waals surface area contributed by atoms with E-state index >= 15 is 0 Å². The highest BCUT2D eigenvalue weighted by Gasteiger charge is 2.54. The molecule has 0 amide bonds. The van der Waals surface area contributed by atoms with Gasteiger partial charge in [0.2, 0.25) is 0 Å². The summed E-state index contributed by atoms with van der Waals surface area (Å²) in [7, 11) is 0. The van der Waals surface area contributed by atoms with Crippen LogP contribution in [0.3, 0.4) is 0 Å². The van der Waals surface area contributed by atoms with E-state index in [1.165, 1.54) is 0 Å². The van der Waals surface area contributed by atoms with Crippen molar-refractivity contribution in [2.24, 2.45) is 17.1 Å². The fourth-order valence-electron chi connectivity index (χ4n) is 4.63. The predicted molar refractivity (Wildman–Crippen MR) is 117 cm³/mol. The van der Waals surface area contributed by atoms with E-state index in [0.717, 1.165) is 24.8 Å². The number of hydrogen-bond acceptors (Lipinski definition) is 6. The molecule has 160 valence electrons. The molecule has 7 heteroatoms. The lowest BCUT2D eigenvalue weighted by Gasteiger charge is -2.43. The summed E-state index contributed by atoms with van der Waals surface area (Å²) in [5.41, 5.74) is 6.40. The number of ether oxygens (including phenoxy) is 2. The average molecular weight is 437 g/mol. The maximum Gasteiger partial charge on any atom is 0.191 e. The van der Waals surface area contributed by atoms with Crippen molar-refractivity contribution in [1.29, 1.82) is 15.8 Å². The normalized spacial score (nSPS) is 21.9. The van der Waals surface area contributed by atoms with E-state index in [1.807, 2.05) is 26.8 Å². The number of nitriles is 3. The Morgan fingerprint density at radius 1 is 1.26 bits per heavy atom. The molecule has 0 heterocycles. The summed E-state index contributed by atoms with van der Waals surface area (Å²) in [6, 6.07) is 9.94. The number of nitrogens with two attached hydrogens (primary N) is 1. The summed E-state index contributed by atoms with van der Waals surface area (Å²) < 4.78 is 11.7. The minimum atomic E-state index is -1.68. The standard InChI is InChI=1S/C24H25ClN4O2/c1-4-30-20-10-15(9-19(25)22(20)31-14(2)3)21-17-8-6-5-7-16(17)18(11-26)23(29)24(21,12-27)13-28/h7,9-10,14,17,21H,4-6,8,29H2,1-3H3/t17-,21-/m1/s1. The third-order valence-corrected chi connectivity index (χ3v) is 6.12. The van der Waals surface area contributed by atoms with Gasteiger partial charge in [0.05, 0.1) is 41.1 Å². The second kappa shape index (κ2) is 8.93. The Hall–Kier alpha value is -3.14. The molecular weight excluding hydrogens is 412 g/mol. The first-order chi connectivity index (χ1) is 14.8. The number of halogens is 1. The number of benzene rings is 1. The maximum absolute atomic E-state index is 10.2. The molecule has 0 aromatic heterocycles. The van der Waals surface area contributed by atoms with Gasteiger partial charge in [0, 0.05) is 5.92 Å². The Kier molecular flexibility index (Phi) is 6.49. The molecule has 2 N–H and O–H groups in total. The van der Waals surface area contributed by atoms with Crippen molar-refractivity contribution in [2.75, 3.05) is 6.61 Å². The summed E-state index contributed by atoms with van der Waals surface area (Å²) in [6.45, 7) is 6.05. The molecule has 1 aromatic carbocycles. The van der Waals surface area contributed by atoms with Crippen LogP contribution in [0.2, 0.25) is 5.02 Å².